The molecule has 1 atom stereocenters. The molecule has 0 aliphatic rings. The molecule has 3 aromatic rings. The summed E-state index contributed by atoms with van der Waals surface area (Å²) in [6.07, 6.45) is 0.138. The van der Waals surface area contributed by atoms with E-state index in [-0.39, 0.29) is 24.5 Å². The van der Waals surface area contributed by atoms with Gasteiger partial charge in [-0.3, -0.25) is 4.79 Å². The number of β-amino-alcohol motifs (C(OH)–C–C–N with tert-alkyl or cyclic N) is 1. The Balaban J connectivity index is 1.54. The van der Waals surface area contributed by atoms with Gasteiger partial charge in [0.25, 0.3) is 0 Å². The van der Waals surface area contributed by atoms with Crippen LogP contribution in [0.2, 0.25) is 0 Å². The number of nitrogens with zero attached hydrogens (tertiary/aromatic N) is 1. The number of rotatable bonds is 11. The fourth-order valence-corrected chi connectivity index (χ4v) is 3.83. The lowest BCUT2D eigenvalue weighted by Crippen LogP contribution is -2.46. The Bertz CT molecular complexity index is 1170. The molecule has 178 valence electrons. The summed E-state index contributed by atoms with van der Waals surface area (Å²) in [5.74, 6) is 0.00908. The van der Waals surface area contributed by atoms with E-state index in [1.54, 1.807) is 25.1 Å². The third-order valence-corrected chi connectivity index (χ3v) is 5.53. The molecule has 6 nitrogen and oxygen atoms in total. The summed E-state index contributed by atoms with van der Waals surface area (Å²) in [5.41, 5.74) is 2.03. The molecule has 0 aromatic heterocycles. The van der Waals surface area contributed by atoms with Crippen LogP contribution < -0.4 is 10.1 Å². The van der Waals surface area contributed by atoms with Crippen molar-refractivity contribution in [1.82, 2.24) is 5.32 Å². The summed E-state index contributed by atoms with van der Waals surface area (Å²) in [6.45, 7) is 6.63. The van der Waals surface area contributed by atoms with Gasteiger partial charge < -0.3 is 19.9 Å². The number of carbonyl (C=O) groups is 1. The van der Waals surface area contributed by atoms with Gasteiger partial charge >= 0.3 is 5.97 Å². The predicted molar refractivity (Wildman–Crippen MR) is 133 cm³/mol. The molecule has 0 heterocycles. The van der Waals surface area contributed by atoms with Crippen molar-refractivity contribution in [3.8, 4) is 11.8 Å². The second kappa shape index (κ2) is 11.6. The maximum Gasteiger partial charge on any atom is 0.310 e. The minimum atomic E-state index is -0.767. The highest BCUT2D eigenvalue weighted by molar-refractivity contribution is 5.83. The molecule has 3 rings (SSSR count). The van der Waals surface area contributed by atoms with Gasteiger partial charge in [0.2, 0.25) is 0 Å². The molecule has 2 N–H and O–H groups in total. The lowest BCUT2D eigenvalue weighted by Gasteiger charge is -2.28. The third-order valence-electron chi connectivity index (χ3n) is 5.53. The molecule has 0 bridgehead atoms. The Morgan fingerprint density at radius 2 is 1.82 bits per heavy atom. The van der Waals surface area contributed by atoms with Gasteiger partial charge in [0, 0.05) is 12.1 Å². The van der Waals surface area contributed by atoms with Gasteiger partial charge in [-0.2, -0.15) is 5.26 Å². The number of ether oxygens (including phenoxy) is 2. The van der Waals surface area contributed by atoms with E-state index < -0.39 is 6.10 Å². The monoisotopic (exact) mass is 460 g/mol. The summed E-state index contributed by atoms with van der Waals surface area (Å²) in [4.78, 5) is 11.7. The van der Waals surface area contributed by atoms with Crippen LogP contribution in [0.5, 0.6) is 5.75 Å². The summed E-state index contributed by atoms with van der Waals surface area (Å²) in [6, 6.07) is 21.8. The Labute approximate surface area is 201 Å². The fraction of sp³-hybridized carbons (Fsp3) is 0.357. The van der Waals surface area contributed by atoms with Gasteiger partial charge in [-0.1, -0.05) is 48.5 Å². The topological polar surface area (TPSA) is 91.6 Å². The van der Waals surface area contributed by atoms with Crippen molar-refractivity contribution in [3.05, 3.63) is 77.4 Å². The highest BCUT2D eigenvalue weighted by atomic mass is 16.5. The molecule has 1 unspecified atom stereocenters. The van der Waals surface area contributed by atoms with Gasteiger partial charge in [0.1, 0.15) is 24.5 Å². The van der Waals surface area contributed by atoms with Crippen LogP contribution in [0.4, 0.5) is 0 Å². The molecule has 0 fully saturated rings. The van der Waals surface area contributed by atoms with Crippen LogP contribution in [0.25, 0.3) is 10.8 Å². The van der Waals surface area contributed by atoms with Crippen molar-refractivity contribution in [3.63, 3.8) is 0 Å². The molecular formula is C28H32N2O4. The van der Waals surface area contributed by atoms with E-state index >= 15 is 0 Å². The number of nitriles is 1. The molecule has 0 amide bonds. The van der Waals surface area contributed by atoms with E-state index in [2.05, 4.69) is 55.6 Å². The van der Waals surface area contributed by atoms with Gasteiger partial charge in [-0.25, -0.2) is 0 Å². The van der Waals surface area contributed by atoms with Gasteiger partial charge in [-0.05, 0) is 61.2 Å². The molecule has 0 radical (unpaired) electrons. The number of aliphatic hydroxyl groups excluding tert-OH is 1. The smallest absolute Gasteiger partial charge is 0.310 e. The van der Waals surface area contributed by atoms with Crippen molar-refractivity contribution >= 4 is 16.7 Å². The van der Waals surface area contributed by atoms with Crippen molar-refractivity contribution in [2.24, 2.45) is 0 Å². The Kier molecular flexibility index (Phi) is 8.64. The summed E-state index contributed by atoms with van der Waals surface area (Å²) < 4.78 is 10.7. The van der Waals surface area contributed by atoms with Crippen LogP contribution in [0.15, 0.2) is 60.7 Å². The van der Waals surface area contributed by atoms with Crippen LogP contribution in [0.3, 0.4) is 0 Å². The molecule has 34 heavy (non-hydrogen) atoms. The molecule has 0 saturated carbocycles. The summed E-state index contributed by atoms with van der Waals surface area (Å²) in [5, 5.41) is 25.7. The number of carbonyl (C=O) groups excluding carboxylic acids is 1. The number of aliphatic hydroxyl groups is 1. The van der Waals surface area contributed by atoms with E-state index in [1.165, 1.54) is 16.3 Å². The molecule has 0 aliphatic heterocycles. The van der Waals surface area contributed by atoms with Crippen LogP contribution in [0.1, 0.15) is 37.5 Å². The molecule has 0 saturated heterocycles. The number of fused-ring (bicyclic) bond motifs is 1. The molecule has 3 aromatic carbocycles. The summed E-state index contributed by atoms with van der Waals surface area (Å²) in [7, 11) is 0. The SMILES string of the molecule is CCOC(=O)Cc1ccc(C#N)c(OCC(O)CNC(C)(C)Cc2ccc3ccccc3c2)c1. The number of hydrogen-bond acceptors (Lipinski definition) is 6. The first-order valence-corrected chi connectivity index (χ1v) is 11.5. The minimum absolute atomic E-state index is 0.0244. The molecular weight excluding hydrogens is 428 g/mol. The van der Waals surface area contributed by atoms with E-state index in [0.717, 1.165) is 6.42 Å². The van der Waals surface area contributed by atoms with Crippen molar-refractivity contribution in [2.75, 3.05) is 19.8 Å². The average molecular weight is 461 g/mol. The van der Waals surface area contributed by atoms with Crippen molar-refractivity contribution in [1.29, 1.82) is 5.26 Å². The number of hydrogen-bond donors (Lipinski definition) is 2. The predicted octanol–water partition coefficient (Wildman–Crippen LogP) is 4.17. The van der Waals surface area contributed by atoms with Crippen LogP contribution >= 0.6 is 0 Å². The van der Waals surface area contributed by atoms with E-state index in [1.807, 2.05) is 12.1 Å². The van der Waals surface area contributed by atoms with E-state index in [9.17, 15) is 15.2 Å². The summed E-state index contributed by atoms with van der Waals surface area (Å²) >= 11 is 0. The fourth-order valence-electron chi connectivity index (χ4n) is 3.83. The zero-order chi connectivity index (χ0) is 24.6. The largest absolute Gasteiger partial charge is 0.489 e. The maximum atomic E-state index is 11.7. The highest BCUT2D eigenvalue weighted by Crippen LogP contribution is 2.22. The molecule has 0 aliphatic carbocycles. The number of esters is 1. The van der Waals surface area contributed by atoms with Gasteiger partial charge in [-0.15, -0.1) is 0 Å². The zero-order valence-corrected chi connectivity index (χ0v) is 20.0. The van der Waals surface area contributed by atoms with Crippen molar-refractivity contribution in [2.45, 2.75) is 45.3 Å². The molecule has 0 spiro atoms. The minimum Gasteiger partial charge on any atom is -0.489 e. The van der Waals surface area contributed by atoms with E-state index in [4.69, 9.17) is 9.47 Å². The first-order valence-electron chi connectivity index (χ1n) is 11.5. The quantitative estimate of drug-likeness (QED) is 0.418. The second-order valence-corrected chi connectivity index (χ2v) is 9.01. The zero-order valence-electron chi connectivity index (χ0n) is 20.0. The average Bonchev–Trinajstić information content (AvgIpc) is 2.81. The number of benzene rings is 3. The Morgan fingerprint density at radius 3 is 2.56 bits per heavy atom. The molecule has 6 heteroatoms. The lowest BCUT2D eigenvalue weighted by atomic mass is 9.93. The lowest BCUT2D eigenvalue weighted by molar-refractivity contribution is -0.142. The highest BCUT2D eigenvalue weighted by Gasteiger charge is 2.20. The van der Waals surface area contributed by atoms with Crippen LogP contribution in [0, 0.1) is 11.3 Å². The normalized spacial score (nSPS) is 12.2. The second-order valence-electron chi connectivity index (χ2n) is 9.01. The van der Waals surface area contributed by atoms with Crippen LogP contribution in [-0.2, 0) is 22.4 Å². The first kappa shape index (κ1) is 25.2. The van der Waals surface area contributed by atoms with E-state index in [0.29, 0.717) is 30.0 Å². The Morgan fingerprint density at radius 1 is 1.09 bits per heavy atom. The standard InChI is InChI=1S/C28H32N2O4/c1-4-33-27(32)15-20-9-12-24(17-29)26(14-20)34-19-25(31)18-30-28(2,3)16-21-10-11-22-7-5-6-8-23(22)13-21/h5-14,25,30-31H,4,15-16,18-19H2,1-3H3. The van der Waals surface area contributed by atoms with Gasteiger partial charge in [0.15, 0.2) is 0 Å². The van der Waals surface area contributed by atoms with Gasteiger partial charge in [0.05, 0.1) is 18.6 Å². The first-order chi connectivity index (χ1) is 16.3. The number of nitrogens with one attached hydrogen (secondary N) is 1. The Hall–Kier alpha value is -3.40. The van der Waals surface area contributed by atoms with Crippen LogP contribution in [-0.4, -0.2) is 42.5 Å². The maximum absolute atomic E-state index is 11.7. The third kappa shape index (κ3) is 7.31. The van der Waals surface area contributed by atoms with Crippen molar-refractivity contribution < 1.29 is 19.4 Å².